The molecule has 0 amide bonds. The van der Waals surface area contributed by atoms with E-state index in [1.165, 1.54) is 4.57 Å². The van der Waals surface area contributed by atoms with Gasteiger partial charge in [-0.05, 0) is 37.6 Å². The summed E-state index contributed by atoms with van der Waals surface area (Å²) in [5.41, 5.74) is 4.97. The standard InChI is InChI=1S/C24H26N5O/c1-13-8-10-16-17-11-9-14(2)26-23(17)30-20(16)19(13)29-15(3)28(7)22-21(29)25-12-18(27-22)24(4,5)6/h8-12H,1-7H3/q+1/i7D3. The average molecular weight is 404 g/mol. The summed E-state index contributed by atoms with van der Waals surface area (Å²) in [4.78, 5) is 14.0. The number of imidazole rings is 1. The molecule has 0 N–H and O–H groups in total. The number of furan rings is 1. The van der Waals surface area contributed by atoms with Crippen LogP contribution in [0.1, 0.15) is 47.7 Å². The van der Waals surface area contributed by atoms with E-state index in [0.29, 0.717) is 28.4 Å². The lowest BCUT2D eigenvalue weighted by atomic mass is 9.93. The number of benzene rings is 1. The Morgan fingerprint density at radius 3 is 2.53 bits per heavy atom. The van der Waals surface area contributed by atoms with Crippen LogP contribution in [-0.2, 0) is 12.4 Å². The van der Waals surface area contributed by atoms with E-state index in [0.717, 1.165) is 33.4 Å². The van der Waals surface area contributed by atoms with Crippen LogP contribution >= 0.6 is 0 Å². The second-order valence-electron chi connectivity index (χ2n) is 8.89. The Balaban J connectivity index is 1.94. The van der Waals surface area contributed by atoms with Gasteiger partial charge in [-0.1, -0.05) is 26.8 Å². The van der Waals surface area contributed by atoms with Crippen LogP contribution in [0.5, 0.6) is 0 Å². The Bertz CT molecular complexity index is 1570. The normalized spacial score (nSPS) is 14.4. The third-order valence-corrected chi connectivity index (χ3v) is 5.62. The van der Waals surface area contributed by atoms with Crippen molar-refractivity contribution in [1.29, 1.82) is 0 Å². The lowest BCUT2D eigenvalue weighted by molar-refractivity contribution is -0.653. The van der Waals surface area contributed by atoms with E-state index in [2.05, 4.69) is 4.98 Å². The molecule has 0 unspecified atom stereocenters. The van der Waals surface area contributed by atoms with Crippen molar-refractivity contribution in [2.24, 2.45) is 6.98 Å². The minimum Gasteiger partial charge on any atom is -0.434 e. The molecule has 6 heteroatoms. The third-order valence-electron chi connectivity index (χ3n) is 5.62. The maximum atomic E-state index is 8.21. The zero-order valence-electron chi connectivity index (χ0n) is 21.0. The number of pyridine rings is 1. The third kappa shape index (κ3) is 2.56. The minimum absolute atomic E-state index is 0.276. The number of nitrogens with zero attached hydrogens (tertiary/aromatic N) is 5. The number of hydrogen-bond donors (Lipinski definition) is 0. The smallest absolute Gasteiger partial charge is 0.322 e. The van der Waals surface area contributed by atoms with Gasteiger partial charge in [0, 0.05) is 28.8 Å². The van der Waals surface area contributed by atoms with Gasteiger partial charge in [-0.15, -0.1) is 4.98 Å². The summed E-state index contributed by atoms with van der Waals surface area (Å²) in [6.07, 6.45) is 1.72. The van der Waals surface area contributed by atoms with Crippen LogP contribution < -0.4 is 4.57 Å². The largest absolute Gasteiger partial charge is 0.434 e. The lowest BCUT2D eigenvalue weighted by Gasteiger charge is -2.13. The summed E-state index contributed by atoms with van der Waals surface area (Å²) in [7, 11) is 0. The number of hydrogen-bond acceptors (Lipinski definition) is 4. The van der Waals surface area contributed by atoms with Crippen molar-refractivity contribution < 1.29 is 13.1 Å². The van der Waals surface area contributed by atoms with Gasteiger partial charge in [-0.3, -0.25) is 0 Å². The molecule has 0 saturated heterocycles. The highest BCUT2D eigenvalue weighted by Crippen LogP contribution is 2.35. The fraction of sp³-hybridized carbons (Fsp3) is 0.333. The predicted molar refractivity (Wildman–Crippen MR) is 118 cm³/mol. The lowest BCUT2D eigenvalue weighted by Crippen LogP contribution is -2.32. The van der Waals surface area contributed by atoms with Gasteiger partial charge in [0.25, 0.3) is 5.65 Å². The Morgan fingerprint density at radius 1 is 1.03 bits per heavy atom. The average Bonchev–Trinajstić information content (AvgIpc) is 3.20. The van der Waals surface area contributed by atoms with Gasteiger partial charge in [-0.2, -0.15) is 0 Å². The van der Waals surface area contributed by atoms with Crippen LogP contribution in [-0.4, -0.2) is 19.5 Å². The molecule has 4 heterocycles. The van der Waals surface area contributed by atoms with Crippen LogP contribution in [0.4, 0.5) is 0 Å². The number of fused-ring (bicyclic) bond motifs is 4. The molecular formula is C24H26N5O+. The topological polar surface area (TPSA) is 60.6 Å². The van der Waals surface area contributed by atoms with Gasteiger partial charge in [0.2, 0.25) is 11.5 Å². The number of aryl methyl sites for hydroxylation is 3. The molecule has 0 fully saturated rings. The minimum atomic E-state index is -2.42. The molecule has 0 radical (unpaired) electrons. The molecule has 1 aromatic carbocycles. The number of aromatic nitrogens is 5. The van der Waals surface area contributed by atoms with Gasteiger partial charge >= 0.3 is 5.65 Å². The maximum Gasteiger partial charge on any atom is 0.322 e. The van der Waals surface area contributed by atoms with E-state index in [9.17, 15) is 0 Å². The highest BCUT2D eigenvalue weighted by atomic mass is 16.3. The van der Waals surface area contributed by atoms with Crippen molar-refractivity contribution in [2.45, 2.75) is 47.0 Å². The van der Waals surface area contributed by atoms with Crippen LogP contribution in [0, 0.1) is 20.8 Å². The summed E-state index contributed by atoms with van der Waals surface area (Å²) >= 11 is 0. The van der Waals surface area contributed by atoms with Gasteiger partial charge in [0.1, 0.15) is 5.69 Å². The van der Waals surface area contributed by atoms with E-state index < -0.39 is 6.98 Å². The summed E-state index contributed by atoms with van der Waals surface area (Å²) in [6, 6.07) is 7.98. The van der Waals surface area contributed by atoms with Gasteiger partial charge in [-0.25, -0.2) is 19.1 Å². The highest BCUT2D eigenvalue weighted by Gasteiger charge is 2.29. The summed E-state index contributed by atoms with van der Waals surface area (Å²) in [6.45, 7) is 9.33. The van der Waals surface area contributed by atoms with Gasteiger partial charge in [0.05, 0.1) is 17.3 Å². The number of rotatable bonds is 1. The molecule has 4 aromatic heterocycles. The molecule has 0 aliphatic carbocycles. The fourth-order valence-corrected chi connectivity index (χ4v) is 3.89. The van der Waals surface area contributed by atoms with Crippen molar-refractivity contribution in [3.05, 3.63) is 53.2 Å². The van der Waals surface area contributed by atoms with E-state index >= 15 is 0 Å². The molecule has 152 valence electrons. The fourth-order valence-electron chi connectivity index (χ4n) is 3.89. The van der Waals surface area contributed by atoms with E-state index in [-0.39, 0.29) is 5.41 Å². The molecular weight excluding hydrogens is 374 g/mol. The summed E-state index contributed by atoms with van der Waals surface area (Å²) in [5, 5.41) is 1.83. The molecule has 6 nitrogen and oxygen atoms in total. The Morgan fingerprint density at radius 2 is 1.80 bits per heavy atom. The molecule has 0 bridgehead atoms. The monoisotopic (exact) mass is 403 g/mol. The first-order valence-corrected chi connectivity index (χ1v) is 9.99. The second-order valence-corrected chi connectivity index (χ2v) is 8.89. The predicted octanol–water partition coefficient (Wildman–Crippen LogP) is 4.76. The molecule has 0 aliphatic heterocycles. The first kappa shape index (κ1) is 15.5. The quantitative estimate of drug-likeness (QED) is 0.379. The van der Waals surface area contributed by atoms with Gasteiger partial charge in [0.15, 0.2) is 11.3 Å². The van der Waals surface area contributed by atoms with E-state index in [4.69, 9.17) is 18.5 Å². The van der Waals surface area contributed by atoms with Crippen LogP contribution in [0.2, 0.25) is 0 Å². The SMILES string of the molecule is [2H]C([2H])([2H])[n+]1c(C)n(-c2c(C)ccc3c2oc2nc(C)ccc23)c2ncc(C(C)(C)C)nc21. The molecule has 0 spiro atoms. The van der Waals surface area contributed by atoms with Crippen molar-refractivity contribution in [2.75, 3.05) is 0 Å². The second kappa shape index (κ2) is 6.11. The summed E-state index contributed by atoms with van der Waals surface area (Å²) < 4.78 is 34.0. The van der Waals surface area contributed by atoms with Gasteiger partial charge < -0.3 is 4.42 Å². The van der Waals surface area contributed by atoms with Crippen LogP contribution in [0.25, 0.3) is 39.1 Å². The molecule has 0 aliphatic rings. The Hall–Kier alpha value is -3.28. The molecule has 0 atom stereocenters. The molecule has 5 rings (SSSR count). The first-order valence-electron chi connectivity index (χ1n) is 11.5. The molecule has 0 saturated carbocycles. The zero-order chi connectivity index (χ0) is 23.9. The van der Waals surface area contributed by atoms with E-state index in [1.807, 2.05) is 63.5 Å². The molecule has 30 heavy (non-hydrogen) atoms. The summed E-state index contributed by atoms with van der Waals surface area (Å²) in [5.74, 6) is 0.497. The maximum absolute atomic E-state index is 8.21. The van der Waals surface area contributed by atoms with Crippen molar-refractivity contribution >= 4 is 33.4 Å². The van der Waals surface area contributed by atoms with Crippen molar-refractivity contribution in [1.82, 2.24) is 19.5 Å². The van der Waals surface area contributed by atoms with Crippen molar-refractivity contribution in [3.63, 3.8) is 0 Å². The molecule has 5 aromatic rings. The Labute approximate surface area is 179 Å². The first-order chi connectivity index (χ1) is 15.4. The Kier molecular flexibility index (Phi) is 3.17. The van der Waals surface area contributed by atoms with Crippen LogP contribution in [0.15, 0.2) is 34.9 Å². The van der Waals surface area contributed by atoms with E-state index in [1.54, 1.807) is 13.1 Å². The van der Waals surface area contributed by atoms with Crippen LogP contribution in [0.3, 0.4) is 0 Å². The van der Waals surface area contributed by atoms with Crippen molar-refractivity contribution in [3.8, 4) is 5.69 Å². The highest BCUT2D eigenvalue weighted by molar-refractivity contribution is 6.07. The zero-order valence-corrected chi connectivity index (χ0v) is 18.0.